The smallest absolute Gasteiger partial charge is 0.256 e. The van der Waals surface area contributed by atoms with E-state index < -0.39 is 5.82 Å². The van der Waals surface area contributed by atoms with Crippen LogP contribution in [-0.4, -0.2) is 48.0 Å². The average Bonchev–Trinajstić information content (AvgIpc) is 2.45. The molecular formula is C15H19FN4O. The summed E-state index contributed by atoms with van der Waals surface area (Å²) in [6.07, 6.45) is 0. The molecule has 112 valence electrons. The molecule has 0 saturated heterocycles. The van der Waals surface area contributed by atoms with Crippen LogP contribution in [0.1, 0.15) is 21.7 Å². The lowest BCUT2D eigenvalue weighted by Crippen LogP contribution is -2.33. The third kappa shape index (κ3) is 3.16. The van der Waals surface area contributed by atoms with Crippen molar-refractivity contribution in [2.45, 2.75) is 13.8 Å². The summed E-state index contributed by atoms with van der Waals surface area (Å²) in [7, 11) is 3.50. The van der Waals surface area contributed by atoms with Crippen molar-refractivity contribution in [2.24, 2.45) is 0 Å². The first-order valence-corrected chi connectivity index (χ1v) is 6.78. The second-order valence-electron chi connectivity index (χ2n) is 5.05. The Morgan fingerprint density at radius 1 is 1.29 bits per heavy atom. The topological polar surface area (TPSA) is 58.1 Å². The number of fused-ring (bicyclic) bond motifs is 1. The van der Waals surface area contributed by atoms with E-state index in [1.54, 1.807) is 11.9 Å². The predicted octanol–water partition coefficient (Wildman–Crippen LogP) is 1.68. The molecule has 0 unspecified atom stereocenters. The van der Waals surface area contributed by atoms with Crippen molar-refractivity contribution in [2.75, 3.05) is 27.2 Å². The maximum atomic E-state index is 13.8. The minimum atomic E-state index is -0.481. The van der Waals surface area contributed by atoms with E-state index in [4.69, 9.17) is 0 Å². The fourth-order valence-electron chi connectivity index (χ4n) is 2.05. The molecule has 1 amide bonds. The summed E-state index contributed by atoms with van der Waals surface area (Å²) in [5, 5.41) is 2.97. The Bertz CT molecular complexity index is 687. The summed E-state index contributed by atoms with van der Waals surface area (Å²) in [4.78, 5) is 22.7. The third-order valence-electron chi connectivity index (χ3n) is 3.42. The van der Waals surface area contributed by atoms with Gasteiger partial charge in [-0.05, 0) is 27.0 Å². The van der Waals surface area contributed by atoms with Crippen molar-refractivity contribution in [1.29, 1.82) is 0 Å². The molecule has 21 heavy (non-hydrogen) atoms. The Morgan fingerprint density at radius 2 is 1.95 bits per heavy atom. The van der Waals surface area contributed by atoms with Crippen molar-refractivity contribution in [1.82, 2.24) is 20.2 Å². The monoisotopic (exact) mass is 290 g/mol. The van der Waals surface area contributed by atoms with E-state index in [1.807, 2.05) is 20.9 Å². The third-order valence-corrected chi connectivity index (χ3v) is 3.42. The Labute approximate surface area is 123 Å². The number of rotatable bonds is 4. The van der Waals surface area contributed by atoms with Gasteiger partial charge in [-0.2, -0.15) is 0 Å². The van der Waals surface area contributed by atoms with Gasteiger partial charge in [0.25, 0.3) is 5.91 Å². The van der Waals surface area contributed by atoms with E-state index in [1.165, 1.54) is 12.1 Å². The molecule has 1 N–H and O–H groups in total. The van der Waals surface area contributed by atoms with Crippen molar-refractivity contribution in [3.8, 4) is 0 Å². The molecular weight excluding hydrogens is 271 g/mol. The van der Waals surface area contributed by atoms with E-state index >= 15 is 0 Å². The first kappa shape index (κ1) is 15.3. The largest absolute Gasteiger partial charge is 0.340 e. The summed E-state index contributed by atoms with van der Waals surface area (Å²) < 4.78 is 13.8. The minimum Gasteiger partial charge on any atom is -0.340 e. The molecule has 1 heterocycles. The summed E-state index contributed by atoms with van der Waals surface area (Å²) in [6, 6.07) is 2.53. The fraction of sp³-hybridized carbons (Fsp3) is 0.400. The van der Waals surface area contributed by atoms with Gasteiger partial charge >= 0.3 is 0 Å². The highest BCUT2D eigenvalue weighted by molar-refractivity contribution is 6.04. The number of nitrogens with zero attached hydrogens (tertiary/aromatic N) is 3. The lowest BCUT2D eigenvalue weighted by molar-refractivity contribution is 0.0798. The molecule has 1 aromatic heterocycles. The Kier molecular flexibility index (Phi) is 4.47. The van der Waals surface area contributed by atoms with E-state index in [0.717, 1.165) is 11.4 Å². The first-order chi connectivity index (χ1) is 9.93. The maximum Gasteiger partial charge on any atom is 0.256 e. The first-order valence-electron chi connectivity index (χ1n) is 6.78. The number of benzene rings is 1. The summed E-state index contributed by atoms with van der Waals surface area (Å²) >= 11 is 0. The summed E-state index contributed by atoms with van der Waals surface area (Å²) in [6.45, 7) is 4.84. The quantitative estimate of drug-likeness (QED) is 0.930. The average molecular weight is 290 g/mol. The van der Waals surface area contributed by atoms with Gasteiger partial charge in [-0.15, -0.1) is 0 Å². The van der Waals surface area contributed by atoms with Gasteiger partial charge in [-0.3, -0.25) is 4.79 Å². The van der Waals surface area contributed by atoms with Crippen LogP contribution in [0.2, 0.25) is 0 Å². The van der Waals surface area contributed by atoms with Crippen LogP contribution in [-0.2, 0) is 0 Å². The normalized spacial score (nSPS) is 10.9. The van der Waals surface area contributed by atoms with Gasteiger partial charge in [0, 0.05) is 26.2 Å². The van der Waals surface area contributed by atoms with Crippen LogP contribution in [0.5, 0.6) is 0 Å². The molecule has 0 spiro atoms. The zero-order valence-electron chi connectivity index (χ0n) is 12.7. The van der Waals surface area contributed by atoms with Crippen LogP contribution in [0.3, 0.4) is 0 Å². The summed E-state index contributed by atoms with van der Waals surface area (Å²) in [5.41, 5.74) is 2.57. The lowest BCUT2D eigenvalue weighted by Gasteiger charge is -2.18. The highest BCUT2D eigenvalue weighted by Gasteiger charge is 2.18. The number of carbonyl (C=O) groups excluding carboxylic acids is 1. The zero-order chi connectivity index (χ0) is 15.6. The molecule has 0 aliphatic rings. The Morgan fingerprint density at radius 3 is 2.62 bits per heavy atom. The lowest BCUT2D eigenvalue weighted by atomic mass is 10.1. The van der Waals surface area contributed by atoms with Gasteiger partial charge in [0.2, 0.25) is 0 Å². The predicted molar refractivity (Wildman–Crippen MR) is 79.9 cm³/mol. The van der Waals surface area contributed by atoms with Crippen molar-refractivity contribution in [3.05, 3.63) is 34.9 Å². The minimum absolute atomic E-state index is 0.249. The van der Waals surface area contributed by atoms with E-state index in [0.29, 0.717) is 24.1 Å². The standard InChI is InChI=1S/C15H19FN4O/c1-9-10(2)19-14-12(7-11(16)8-13(14)18-9)15(21)20(4)6-5-17-3/h7-8,17H,5-6H2,1-4H3. The Hall–Kier alpha value is -2.08. The number of nitrogens with one attached hydrogen (secondary N) is 1. The molecule has 0 saturated carbocycles. The molecule has 0 atom stereocenters. The molecule has 0 aliphatic carbocycles. The molecule has 0 bridgehead atoms. The van der Waals surface area contributed by atoms with E-state index in [-0.39, 0.29) is 11.5 Å². The molecule has 0 aliphatic heterocycles. The molecule has 2 aromatic rings. The van der Waals surface area contributed by atoms with Crippen LogP contribution in [0.4, 0.5) is 4.39 Å². The molecule has 0 radical (unpaired) electrons. The highest BCUT2D eigenvalue weighted by atomic mass is 19.1. The zero-order valence-corrected chi connectivity index (χ0v) is 12.7. The Balaban J connectivity index is 2.52. The molecule has 5 nitrogen and oxygen atoms in total. The molecule has 1 aromatic carbocycles. The van der Waals surface area contributed by atoms with Gasteiger partial charge in [-0.1, -0.05) is 0 Å². The number of hydrogen-bond acceptors (Lipinski definition) is 4. The number of carbonyl (C=O) groups is 1. The number of aromatic nitrogens is 2. The van der Waals surface area contributed by atoms with Gasteiger partial charge in [-0.25, -0.2) is 14.4 Å². The van der Waals surface area contributed by atoms with Crippen molar-refractivity contribution in [3.63, 3.8) is 0 Å². The highest BCUT2D eigenvalue weighted by Crippen LogP contribution is 2.20. The number of halogens is 1. The van der Waals surface area contributed by atoms with Crippen LogP contribution < -0.4 is 5.32 Å². The van der Waals surface area contributed by atoms with Gasteiger partial charge in [0.1, 0.15) is 11.3 Å². The second-order valence-corrected chi connectivity index (χ2v) is 5.05. The van der Waals surface area contributed by atoms with Crippen LogP contribution in [0, 0.1) is 19.7 Å². The van der Waals surface area contributed by atoms with Crippen LogP contribution in [0.15, 0.2) is 12.1 Å². The van der Waals surface area contributed by atoms with E-state index in [9.17, 15) is 9.18 Å². The molecule has 2 rings (SSSR count). The number of aryl methyl sites for hydroxylation is 2. The second kappa shape index (κ2) is 6.13. The maximum absolute atomic E-state index is 13.8. The number of amides is 1. The summed E-state index contributed by atoms with van der Waals surface area (Å²) in [5.74, 6) is -0.738. The molecule has 6 heteroatoms. The van der Waals surface area contributed by atoms with Crippen molar-refractivity contribution >= 4 is 16.9 Å². The van der Waals surface area contributed by atoms with Gasteiger partial charge in [0.05, 0.1) is 22.5 Å². The van der Waals surface area contributed by atoms with Gasteiger partial charge < -0.3 is 10.2 Å². The fourth-order valence-corrected chi connectivity index (χ4v) is 2.05. The number of likely N-dealkylation sites (N-methyl/N-ethyl adjacent to an activating group) is 2. The van der Waals surface area contributed by atoms with Crippen LogP contribution in [0.25, 0.3) is 11.0 Å². The van der Waals surface area contributed by atoms with Crippen molar-refractivity contribution < 1.29 is 9.18 Å². The van der Waals surface area contributed by atoms with Gasteiger partial charge in [0.15, 0.2) is 0 Å². The SMILES string of the molecule is CNCCN(C)C(=O)c1cc(F)cc2nc(C)c(C)nc12. The molecule has 0 fully saturated rings. The van der Waals surface area contributed by atoms with E-state index in [2.05, 4.69) is 15.3 Å². The number of hydrogen-bond donors (Lipinski definition) is 1. The van der Waals surface area contributed by atoms with Crippen LogP contribution >= 0.6 is 0 Å².